The van der Waals surface area contributed by atoms with Gasteiger partial charge in [-0.05, 0) is 30.5 Å². The van der Waals surface area contributed by atoms with E-state index in [1.54, 1.807) is 28.6 Å². The molecule has 1 aliphatic heterocycles. The molecule has 0 unspecified atom stereocenters. The highest BCUT2D eigenvalue weighted by Gasteiger charge is 2.27. The summed E-state index contributed by atoms with van der Waals surface area (Å²) >= 11 is 0. The molecule has 106 valence electrons. The van der Waals surface area contributed by atoms with Crippen LogP contribution in [-0.4, -0.2) is 37.5 Å². The first-order valence-electron chi connectivity index (χ1n) is 6.59. The van der Waals surface area contributed by atoms with Gasteiger partial charge in [0.2, 0.25) is 10.0 Å². The van der Waals surface area contributed by atoms with Gasteiger partial charge in [0.05, 0.1) is 11.5 Å². The van der Waals surface area contributed by atoms with E-state index in [1.165, 1.54) is 0 Å². The van der Waals surface area contributed by atoms with Gasteiger partial charge in [0, 0.05) is 18.5 Å². The average molecular weight is 283 g/mol. The Labute approximate surface area is 115 Å². The molecule has 1 fully saturated rings. The van der Waals surface area contributed by atoms with Crippen molar-refractivity contribution in [2.45, 2.75) is 37.0 Å². The number of nitrogens with zero attached hydrogens (tertiary/aromatic N) is 1. The summed E-state index contributed by atoms with van der Waals surface area (Å²) in [5.41, 5.74) is 0.589. The molecule has 1 N–H and O–H groups in total. The van der Waals surface area contributed by atoms with Crippen molar-refractivity contribution in [3.8, 4) is 0 Å². The quantitative estimate of drug-likeness (QED) is 0.915. The highest BCUT2D eigenvalue weighted by atomic mass is 32.2. The van der Waals surface area contributed by atoms with Crippen molar-refractivity contribution in [3.05, 3.63) is 29.8 Å². The monoisotopic (exact) mass is 283 g/mol. The molecular weight excluding hydrogens is 262 g/mol. The highest BCUT2D eigenvalue weighted by Crippen LogP contribution is 2.26. The van der Waals surface area contributed by atoms with Crippen molar-refractivity contribution in [1.29, 1.82) is 0 Å². The van der Waals surface area contributed by atoms with Crippen LogP contribution >= 0.6 is 0 Å². The predicted octanol–water partition coefficient (Wildman–Crippen LogP) is 1.74. The fourth-order valence-electron chi connectivity index (χ4n) is 2.25. The number of aliphatic hydroxyl groups excluding tert-OH is 1. The van der Waals surface area contributed by atoms with E-state index in [2.05, 4.69) is 0 Å². The largest absolute Gasteiger partial charge is 0.395 e. The molecule has 0 bridgehead atoms. The Balaban J connectivity index is 2.28. The number of benzene rings is 1. The first kappa shape index (κ1) is 14.5. The second kappa shape index (κ2) is 5.23. The highest BCUT2D eigenvalue weighted by molar-refractivity contribution is 7.89. The number of hydrogen-bond donors (Lipinski definition) is 1. The van der Waals surface area contributed by atoms with Gasteiger partial charge in [0.25, 0.3) is 0 Å². The van der Waals surface area contributed by atoms with Crippen molar-refractivity contribution in [3.63, 3.8) is 0 Å². The van der Waals surface area contributed by atoms with Crippen molar-refractivity contribution in [1.82, 2.24) is 4.31 Å². The maximum absolute atomic E-state index is 12.3. The SMILES string of the molecule is CC(C)(CO)c1ccc(S(=O)(=O)N2CCCC2)cc1. The molecule has 0 amide bonds. The minimum absolute atomic E-state index is 0.0330. The zero-order valence-electron chi connectivity index (χ0n) is 11.5. The van der Waals surface area contributed by atoms with E-state index in [1.807, 2.05) is 13.8 Å². The molecule has 19 heavy (non-hydrogen) atoms. The summed E-state index contributed by atoms with van der Waals surface area (Å²) in [6, 6.07) is 6.86. The molecule has 0 aromatic heterocycles. The molecule has 1 aromatic carbocycles. The van der Waals surface area contributed by atoms with Crippen LogP contribution in [0.2, 0.25) is 0 Å². The Bertz CT molecular complexity index is 528. The lowest BCUT2D eigenvalue weighted by atomic mass is 9.86. The van der Waals surface area contributed by atoms with Gasteiger partial charge in [0.15, 0.2) is 0 Å². The third-order valence-electron chi connectivity index (χ3n) is 3.73. The summed E-state index contributed by atoms with van der Waals surface area (Å²) in [7, 11) is -3.34. The lowest BCUT2D eigenvalue weighted by Crippen LogP contribution is -2.28. The van der Waals surface area contributed by atoms with Crippen molar-refractivity contribution >= 4 is 10.0 Å². The van der Waals surface area contributed by atoms with Gasteiger partial charge in [-0.3, -0.25) is 0 Å². The standard InChI is InChI=1S/C14H21NO3S/c1-14(2,11-16)12-5-7-13(8-6-12)19(17,18)15-9-3-4-10-15/h5-8,16H,3-4,9-11H2,1-2H3. The third-order valence-corrected chi connectivity index (χ3v) is 5.65. The minimum Gasteiger partial charge on any atom is -0.395 e. The molecule has 0 spiro atoms. The van der Waals surface area contributed by atoms with Crippen LogP contribution in [0.1, 0.15) is 32.3 Å². The van der Waals surface area contributed by atoms with Gasteiger partial charge in [0.1, 0.15) is 0 Å². The molecule has 1 aromatic rings. The zero-order chi connectivity index (χ0) is 14.1. The maximum atomic E-state index is 12.3. The Morgan fingerprint density at radius 3 is 2.16 bits per heavy atom. The molecule has 1 heterocycles. The van der Waals surface area contributed by atoms with Crippen LogP contribution in [0.3, 0.4) is 0 Å². The molecule has 4 nitrogen and oxygen atoms in total. The normalized spacial score (nSPS) is 17.8. The average Bonchev–Trinajstić information content (AvgIpc) is 2.93. The smallest absolute Gasteiger partial charge is 0.243 e. The van der Waals surface area contributed by atoms with Gasteiger partial charge in [-0.1, -0.05) is 26.0 Å². The van der Waals surface area contributed by atoms with Crippen LogP contribution in [-0.2, 0) is 15.4 Å². The zero-order valence-corrected chi connectivity index (χ0v) is 12.3. The topological polar surface area (TPSA) is 57.6 Å². The fourth-order valence-corrected chi connectivity index (χ4v) is 3.76. The molecule has 0 aliphatic carbocycles. The van der Waals surface area contributed by atoms with Crippen LogP contribution in [0, 0.1) is 0 Å². The second-order valence-corrected chi connectivity index (χ2v) is 7.62. The van der Waals surface area contributed by atoms with E-state index in [0.29, 0.717) is 18.0 Å². The molecular formula is C14H21NO3S. The summed E-state index contributed by atoms with van der Waals surface area (Å²) in [4.78, 5) is 0.340. The van der Waals surface area contributed by atoms with E-state index in [9.17, 15) is 13.5 Å². The van der Waals surface area contributed by atoms with Crippen molar-refractivity contribution < 1.29 is 13.5 Å². The molecule has 2 rings (SSSR count). The van der Waals surface area contributed by atoms with Gasteiger partial charge < -0.3 is 5.11 Å². The van der Waals surface area contributed by atoms with E-state index < -0.39 is 10.0 Å². The second-order valence-electron chi connectivity index (χ2n) is 5.68. The van der Waals surface area contributed by atoms with E-state index in [0.717, 1.165) is 18.4 Å². The first-order valence-corrected chi connectivity index (χ1v) is 8.03. The Morgan fingerprint density at radius 2 is 1.68 bits per heavy atom. The van der Waals surface area contributed by atoms with Crippen LogP contribution in [0.15, 0.2) is 29.2 Å². The maximum Gasteiger partial charge on any atom is 0.243 e. The number of hydrogen-bond acceptors (Lipinski definition) is 3. The van der Waals surface area contributed by atoms with Crippen LogP contribution in [0.5, 0.6) is 0 Å². The Morgan fingerprint density at radius 1 is 1.16 bits per heavy atom. The summed E-state index contributed by atoms with van der Waals surface area (Å²) in [5.74, 6) is 0. The lowest BCUT2D eigenvalue weighted by molar-refractivity contribution is 0.218. The Kier molecular flexibility index (Phi) is 3.99. The van der Waals surface area contributed by atoms with Crippen molar-refractivity contribution in [2.75, 3.05) is 19.7 Å². The first-order chi connectivity index (χ1) is 8.88. The summed E-state index contributed by atoms with van der Waals surface area (Å²) in [6.07, 6.45) is 1.88. The van der Waals surface area contributed by atoms with E-state index in [4.69, 9.17) is 0 Å². The molecule has 5 heteroatoms. The Hall–Kier alpha value is -0.910. The fraction of sp³-hybridized carbons (Fsp3) is 0.571. The molecule has 1 aliphatic rings. The van der Waals surface area contributed by atoms with Crippen LogP contribution < -0.4 is 0 Å². The van der Waals surface area contributed by atoms with Crippen LogP contribution in [0.4, 0.5) is 0 Å². The predicted molar refractivity (Wildman–Crippen MR) is 74.5 cm³/mol. The molecule has 1 saturated heterocycles. The van der Waals surface area contributed by atoms with Gasteiger partial charge in [-0.25, -0.2) is 8.42 Å². The molecule has 0 saturated carbocycles. The number of sulfonamides is 1. The van der Waals surface area contributed by atoms with Crippen molar-refractivity contribution in [2.24, 2.45) is 0 Å². The van der Waals surface area contributed by atoms with Gasteiger partial charge >= 0.3 is 0 Å². The lowest BCUT2D eigenvalue weighted by Gasteiger charge is -2.23. The number of rotatable bonds is 4. The van der Waals surface area contributed by atoms with E-state index in [-0.39, 0.29) is 12.0 Å². The summed E-state index contributed by atoms with van der Waals surface area (Å²) in [6.45, 7) is 5.12. The molecule has 0 radical (unpaired) electrons. The van der Waals surface area contributed by atoms with Gasteiger partial charge in [-0.15, -0.1) is 0 Å². The number of aliphatic hydroxyl groups is 1. The molecule has 0 atom stereocenters. The third kappa shape index (κ3) is 2.83. The van der Waals surface area contributed by atoms with E-state index >= 15 is 0 Å². The van der Waals surface area contributed by atoms with Gasteiger partial charge in [-0.2, -0.15) is 4.31 Å². The summed E-state index contributed by atoms with van der Waals surface area (Å²) in [5, 5.41) is 9.32. The van der Waals surface area contributed by atoms with Crippen LogP contribution in [0.25, 0.3) is 0 Å². The summed E-state index contributed by atoms with van der Waals surface area (Å²) < 4.78 is 26.2. The minimum atomic E-state index is -3.34.